The van der Waals surface area contributed by atoms with Gasteiger partial charge in [0, 0.05) is 16.5 Å². The summed E-state index contributed by atoms with van der Waals surface area (Å²) in [4.78, 5) is 0. The summed E-state index contributed by atoms with van der Waals surface area (Å²) in [5.74, 6) is 2.90. The van der Waals surface area contributed by atoms with E-state index in [2.05, 4.69) is 18.8 Å². The fourth-order valence-corrected chi connectivity index (χ4v) is 4.15. The molecule has 0 spiro atoms. The van der Waals surface area contributed by atoms with Gasteiger partial charge in [-0.25, -0.2) is 17.6 Å². The Morgan fingerprint density at radius 1 is 0.657 bits per heavy atom. The van der Waals surface area contributed by atoms with E-state index in [0.717, 1.165) is 30.9 Å². The molecule has 0 bridgehead atoms. The molecule has 0 unspecified atom stereocenters. The Kier molecular flexibility index (Phi) is 7.87. The van der Waals surface area contributed by atoms with Crippen LogP contribution in [-0.4, -0.2) is 0 Å². The van der Waals surface area contributed by atoms with Gasteiger partial charge in [-0.3, -0.25) is 0 Å². The van der Waals surface area contributed by atoms with Crippen molar-refractivity contribution in [2.45, 2.75) is 45.4 Å². The minimum absolute atomic E-state index is 0.140. The van der Waals surface area contributed by atoms with E-state index in [1.807, 2.05) is 6.07 Å². The molecule has 0 aliphatic carbocycles. The van der Waals surface area contributed by atoms with Crippen molar-refractivity contribution in [1.29, 1.82) is 0 Å². The van der Waals surface area contributed by atoms with Crippen LogP contribution in [0.25, 0.3) is 21.9 Å². The van der Waals surface area contributed by atoms with Crippen molar-refractivity contribution in [3.05, 3.63) is 107 Å². The minimum Gasteiger partial charge on any atom is -0.206 e. The van der Waals surface area contributed by atoms with Crippen LogP contribution in [0.2, 0.25) is 0 Å². The van der Waals surface area contributed by atoms with E-state index in [-0.39, 0.29) is 16.8 Å². The number of hydrogen-bond donors (Lipinski definition) is 0. The zero-order chi connectivity index (χ0) is 24.8. The second-order valence-electron chi connectivity index (χ2n) is 8.72. The Hall–Kier alpha value is -3.58. The molecular weight excluding hydrogens is 448 g/mol. The fourth-order valence-electron chi connectivity index (χ4n) is 4.15. The van der Waals surface area contributed by atoms with Crippen LogP contribution >= 0.6 is 0 Å². The highest BCUT2D eigenvalue weighted by atomic mass is 19.2. The normalized spacial score (nSPS) is 10.9. The molecule has 0 saturated carbocycles. The Balaban J connectivity index is 1.49. The van der Waals surface area contributed by atoms with E-state index in [0.29, 0.717) is 22.1 Å². The van der Waals surface area contributed by atoms with Crippen molar-refractivity contribution in [1.82, 2.24) is 0 Å². The minimum atomic E-state index is -0.924. The molecule has 0 saturated heterocycles. The molecular formula is C31H26F4. The van der Waals surface area contributed by atoms with Crippen molar-refractivity contribution in [2.24, 2.45) is 0 Å². The smallest absolute Gasteiger partial charge is 0.166 e. The number of benzene rings is 4. The lowest BCUT2D eigenvalue weighted by molar-refractivity contribution is 0.517. The lowest BCUT2D eigenvalue weighted by atomic mass is 9.99. The largest absolute Gasteiger partial charge is 0.206 e. The van der Waals surface area contributed by atoms with Crippen LogP contribution in [0.3, 0.4) is 0 Å². The molecule has 178 valence electrons. The number of hydrogen-bond acceptors (Lipinski definition) is 0. The van der Waals surface area contributed by atoms with E-state index < -0.39 is 17.5 Å². The maximum absolute atomic E-state index is 14.9. The molecule has 0 aliphatic rings. The number of aryl methyl sites for hydroxylation is 1. The summed E-state index contributed by atoms with van der Waals surface area (Å²) >= 11 is 0. The van der Waals surface area contributed by atoms with Gasteiger partial charge < -0.3 is 0 Å². The highest BCUT2D eigenvalue weighted by molar-refractivity contribution is 5.88. The summed E-state index contributed by atoms with van der Waals surface area (Å²) in [6.07, 6.45) is 6.66. The van der Waals surface area contributed by atoms with Crippen LogP contribution in [-0.2, 0) is 6.42 Å². The van der Waals surface area contributed by atoms with Crippen LogP contribution in [0.4, 0.5) is 17.6 Å². The van der Waals surface area contributed by atoms with Crippen LogP contribution < -0.4 is 0 Å². The molecule has 4 rings (SSSR count). The van der Waals surface area contributed by atoms with Crippen LogP contribution in [0, 0.1) is 35.1 Å². The SMILES string of the molecule is CCCCCCCc1ccc(C#Cc2ccc(-c3ccc4c(F)c(F)ccc4c3)c(F)c2)c(F)c1. The molecule has 4 aromatic carbocycles. The van der Waals surface area contributed by atoms with Gasteiger partial charge in [-0.05, 0) is 65.8 Å². The van der Waals surface area contributed by atoms with Gasteiger partial charge in [0.2, 0.25) is 0 Å². The summed E-state index contributed by atoms with van der Waals surface area (Å²) in [6, 6.07) is 16.7. The molecule has 0 fully saturated rings. The van der Waals surface area contributed by atoms with Crippen molar-refractivity contribution in [3.8, 4) is 23.0 Å². The monoisotopic (exact) mass is 474 g/mol. The highest BCUT2D eigenvalue weighted by Gasteiger charge is 2.11. The number of fused-ring (bicyclic) bond motifs is 1. The predicted molar refractivity (Wildman–Crippen MR) is 134 cm³/mol. The molecule has 0 aliphatic heterocycles. The lowest BCUT2D eigenvalue weighted by Crippen LogP contribution is -1.91. The first-order valence-corrected chi connectivity index (χ1v) is 11.9. The second kappa shape index (κ2) is 11.2. The van der Waals surface area contributed by atoms with Gasteiger partial charge in [-0.15, -0.1) is 0 Å². The first-order chi connectivity index (χ1) is 17.0. The third-order valence-corrected chi connectivity index (χ3v) is 6.13. The van der Waals surface area contributed by atoms with Crippen LogP contribution in [0.5, 0.6) is 0 Å². The van der Waals surface area contributed by atoms with E-state index in [1.54, 1.807) is 30.3 Å². The molecule has 0 aromatic heterocycles. The van der Waals surface area contributed by atoms with Gasteiger partial charge in [-0.2, -0.15) is 0 Å². The van der Waals surface area contributed by atoms with Gasteiger partial charge in [0.1, 0.15) is 11.6 Å². The molecule has 35 heavy (non-hydrogen) atoms. The van der Waals surface area contributed by atoms with E-state index in [1.165, 1.54) is 43.5 Å². The molecule has 0 N–H and O–H groups in total. The summed E-state index contributed by atoms with van der Waals surface area (Å²) in [5, 5.41) is 0.616. The van der Waals surface area contributed by atoms with Gasteiger partial charge in [0.25, 0.3) is 0 Å². The van der Waals surface area contributed by atoms with Crippen molar-refractivity contribution >= 4 is 10.8 Å². The third-order valence-electron chi connectivity index (χ3n) is 6.13. The summed E-state index contributed by atoms with van der Waals surface area (Å²) in [5.41, 5.74) is 2.50. The van der Waals surface area contributed by atoms with Crippen LogP contribution in [0.1, 0.15) is 55.7 Å². The van der Waals surface area contributed by atoms with E-state index >= 15 is 0 Å². The Labute approximate surface area is 203 Å². The van der Waals surface area contributed by atoms with Gasteiger partial charge in [-0.1, -0.05) is 74.8 Å². The van der Waals surface area contributed by atoms with Crippen LogP contribution in [0.15, 0.2) is 66.7 Å². The van der Waals surface area contributed by atoms with Gasteiger partial charge in [0.05, 0.1) is 5.56 Å². The quantitative estimate of drug-likeness (QED) is 0.142. The van der Waals surface area contributed by atoms with Gasteiger partial charge >= 0.3 is 0 Å². The lowest BCUT2D eigenvalue weighted by Gasteiger charge is -2.07. The van der Waals surface area contributed by atoms with E-state index in [4.69, 9.17) is 0 Å². The Bertz CT molecular complexity index is 1410. The first-order valence-electron chi connectivity index (χ1n) is 11.9. The fraction of sp³-hybridized carbons (Fsp3) is 0.226. The van der Waals surface area contributed by atoms with Crippen molar-refractivity contribution < 1.29 is 17.6 Å². The second-order valence-corrected chi connectivity index (χ2v) is 8.72. The zero-order valence-electron chi connectivity index (χ0n) is 19.6. The maximum atomic E-state index is 14.9. The average molecular weight is 475 g/mol. The average Bonchev–Trinajstić information content (AvgIpc) is 2.85. The first kappa shape index (κ1) is 24.5. The van der Waals surface area contributed by atoms with E-state index in [9.17, 15) is 17.6 Å². The Morgan fingerprint density at radius 3 is 2.26 bits per heavy atom. The molecule has 0 atom stereocenters. The number of halogens is 4. The maximum Gasteiger partial charge on any atom is 0.166 e. The third kappa shape index (κ3) is 5.92. The van der Waals surface area contributed by atoms with Gasteiger partial charge in [0.15, 0.2) is 11.6 Å². The summed E-state index contributed by atoms with van der Waals surface area (Å²) < 4.78 is 56.7. The zero-order valence-corrected chi connectivity index (χ0v) is 19.6. The number of rotatable bonds is 7. The Morgan fingerprint density at radius 2 is 1.49 bits per heavy atom. The summed E-state index contributed by atoms with van der Waals surface area (Å²) in [6.45, 7) is 2.18. The molecule has 0 radical (unpaired) electrons. The highest BCUT2D eigenvalue weighted by Crippen LogP contribution is 2.29. The standard InChI is InChI=1S/C31H26F4/c1-2-3-4-5-6-7-21-8-11-23(29(33)18-21)12-9-22-10-15-26(30(34)19-22)24-13-16-27-25(20-24)14-17-28(32)31(27)35/h8,10-11,13-20H,2-7H2,1H3. The molecule has 0 amide bonds. The molecule has 4 aromatic rings. The molecule has 0 heterocycles. The summed E-state index contributed by atoms with van der Waals surface area (Å²) in [7, 11) is 0. The predicted octanol–water partition coefficient (Wildman–Crippen LogP) is 8.98. The molecule has 0 nitrogen and oxygen atoms in total. The molecule has 4 heteroatoms. The van der Waals surface area contributed by atoms with Crippen molar-refractivity contribution in [2.75, 3.05) is 0 Å². The van der Waals surface area contributed by atoms with Crippen molar-refractivity contribution in [3.63, 3.8) is 0 Å². The number of unbranched alkanes of at least 4 members (excludes halogenated alkanes) is 4. The topological polar surface area (TPSA) is 0 Å².